The number of nitro groups is 1. The van der Waals surface area contributed by atoms with E-state index in [1.165, 1.54) is 12.1 Å². The molecule has 2 aromatic rings. The third kappa shape index (κ3) is 3.42. The van der Waals surface area contributed by atoms with E-state index in [0.717, 1.165) is 15.8 Å². The van der Waals surface area contributed by atoms with Crippen LogP contribution in [0.3, 0.4) is 0 Å². The summed E-state index contributed by atoms with van der Waals surface area (Å²) in [6.45, 7) is 2.60. The van der Waals surface area contributed by atoms with Gasteiger partial charge in [0.1, 0.15) is 5.76 Å². The first-order valence-electron chi connectivity index (χ1n) is 5.77. The third-order valence-electron chi connectivity index (χ3n) is 2.82. The summed E-state index contributed by atoms with van der Waals surface area (Å²) in [5.41, 5.74) is 1.04. The topological polar surface area (TPSA) is 68.3 Å². The summed E-state index contributed by atoms with van der Waals surface area (Å²) in [6.07, 6.45) is 1.63. The van der Waals surface area contributed by atoms with Gasteiger partial charge >= 0.3 is 0 Å². The highest BCUT2D eigenvalue weighted by Gasteiger charge is 2.11. The third-order valence-corrected chi connectivity index (χ3v) is 3.55. The number of nitrogens with zero attached hydrogens (tertiary/aromatic N) is 1. The molecule has 0 radical (unpaired) electrons. The predicted octanol–water partition coefficient (Wildman–Crippen LogP) is 3.80. The molecular weight excluding hydrogens is 312 g/mol. The van der Waals surface area contributed by atoms with E-state index in [-0.39, 0.29) is 11.7 Å². The van der Waals surface area contributed by atoms with E-state index >= 15 is 0 Å². The van der Waals surface area contributed by atoms with Gasteiger partial charge in [-0.25, -0.2) is 0 Å². The lowest BCUT2D eigenvalue weighted by molar-refractivity contribution is -0.384. The van der Waals surface area contributed by atoms with Crippen molar-refractivity contribution in [3.8, 4) is 0 Å². The van der Waals surface area contributed by atoms with E-state index in [1.807, 2.05) is 19.1 Å². The Labute approximate surface area is 118 Å². The molecule has 5 nitrogen and oxygen atoms in total. The van der Waals surface area contributed by atoms with Crippen LogP contribution < -0.4 is 5.32 Å². The minimum Gasteiger partial charge on any atom is -0.468 e. The molecule has 100 valence electrons. The number of nitrogens with one attached hydrogen (secondary N) is 1. The van der Waals surface area contributed by atoms with E-state index in [2.05, 4.69) is 21.2 Å². The van der Waals surface area contributed by atoms with Crippen molar-refractivity contribution in [2.45, 2.75) is 19.5 Å². The van der Waals surface area contributed by atoms with E-state index in [9.17, 15) is 10.1 Å². The summed E-state index contributed by atoms with van der Waals surface area (Å²) in [5, 5.41) is 13.9. The zero-order valence-electron chi connectivity index (χ0n) is 10.3. The smallest absolute Gasteiger partial charge is 0.270 e. The van der Waals surface area contributed by atoms with Gasteiger partial charge in [0, 0.05) is 23.2 Å². The standard InChI is InChI=1S/C13H13BrN2O3/c1-9(13-3-2-6-19-13)15-8-10-4-5-11(16(17)18)7-12(10)14/h2-7,9,15H,8H2,1H3. The molecule has 0 aliphatic carbocycles. The summed E-state index contributed by atoms with van der Waals surface area (Å²) in [5.74, 6) is 0.859. The second-order valence-electron chi connectivity index (χ2n) is 4.15. The van der Waals surface area contributed by atoms with Crippen LogP contribution in [0.1, 0.15) is 24.3 Å². The van der Waals surface area contributed by atoms with Crippen LogP contribution in [0.25, 0.3) is 0 Å². The molecular formula is C13H13BrN2O3. The van der Waals surface area contributed by atoms with Gasteiger partial charge in [0.25, 0.3) is 5.69 Å². The SMILES string of the molecule is CC(NCc1ccc([N+](=O)[O-])cc1Br)c1ccco1. The van der Waals surface area contributed by atoms with Crippen LogP contribution in [0.5, 0.6) is 0 Å². The lowest BCUT2D eigenvalue weighted by atomic mass is 10.2. The van der Waals surface area contributed by atoms with E-state index < -0.39 is 4.92 Å². The number of non-ortho nitro benzene ring substituents is 1. The van der Waals surface area contributed by atoms with E-state index in [0.29, 0.717) is 6.54 Å². The number of furan rings is 1. The van der Waals surface area contributed by atoms with Crippen molar-refractivity contribution in [1.82, 2.24) is 5.32 Å². The Balaban J connectivity index is 2.02. The van der Waals surface area contributed by atoms with Crippen LogP contribution in [-0.2, 0) is 6.54 Å². The molecule has 0 bridgehead atoms. The largest absolute Gasteiger partial charge is 0.468 e. The molecule has 0 fully saturated rings. The minimum absolute atomic E-state index is 0.0784. The number of halogens is 1. The van der Waals surface area contributed by atoms with Crippen LogP contribution in [0.15, 0.2) is 45.5 Å². The van der Waals surface area contributed by atoms with Gasteiger partial charge in [-0.2, -0.15) is 0 Å². The number of rotatable bonds is 5. The molecule has 1 atom stereocenters. The Kier molecular flexibility index (Phi) is 4.34. The maximum Gasteiger partial charge on any atom is 0.270 e. The van der Waals surface area contributed by atoms with Gasteiger partial charge in [-0.05, 0) is 30.7 Å². The molecule has 1 aromatic carbocycles. The summed E-state index contributed by atoms with van der Waals surface area (Å²) in [6, 6.07) is 8.58. The van der Waals surface area contributed by atoms with Crippen molar-refractivity contribution in [3.63, 3.8) is 0 Å². The normalized spacial score (nSPS) is 12.3. The van der Waals surface area contributed by atoms with E-state index in [4.69, 9.17) is 4.42 Å². The predicted molar refractivity (Wildman–Crippen MR) is 74.8 cm³/mol. The van der Waals surface area contributed by atoms with Gasteiger partial charge in [-0.3, -0.25) is 10.1 Å². The molecule has 0 spiro atoms. The van der Waals surface area contributed by atoms with Crippen LogP contribution >= 0.6 is 15.9 Å². The first-order chi connectivity index (χ1) is 9.08. The highest BCUT2D eigenvalue weighted by Crippen LogP contribution is 2.23. The van der Waals surface area contributed by atoms with Crippen LogP contribution in [0.2, 0.25) is 0 Å². The maximum absolute atomic E-state index is 10.6. The molecule has 0 aliphatic rings. The van der Waals surface area contributed by atoms with Crippen LogP contribution in [0, 0.1) is 10.1 Å². The molecule has 0 aliphatic heterocycles. The van der Waals surface area contributed by atoms with Crippen molar-refractivity contribution in [1.29, 1.82) is 0 Å². The Morgan fingerprint density at radius 3 is 2.84 bits per heavy atom. The minimum atomic E-state index is -0.409. The Morgan fingerprint density at radius 1 is 1.47 bits per heavy atom. The quantitative estimate of drug-likeness (QED) is 0.670. The van der Waals surface area contributed by atoms with Crippen molar-refractivity contribution < 1.29 is 9.34 Å². The zero-order chi connectivity index (χ0) is 13.8. The first-order valence-corrected chi connectivity index (χ1v) is 6.57. The molecule has 1 unspecified atom stereocenters. The molecule has 1 heterocycles. The lowest BCUT2D eigenvalue weighted by Gasteiger charge is -2.12. The molecule has 6 heteroatoms. The average molecular weight is 325 g/mol. The fourth-order valence-corrected chi connectivity index (χ4v) is 2.20. The fraction of sp³-hybridized carbons (Fsp3) is 0.231. The Hall–Kier alpha value is -1.66. The summed E-state index contributed by atoms with van der Waals surface area (Å²) >= 11 is 3.35. The first kappa shape index (κ1) is 13.8. The highest BCUT2D eigenvalue weighted by atomic mass is 79.9. The number of nitro benzene ring substituents is 1. The van der Waals surface area contributed by atoms with Crippen molar-refractivity contribution in [2.75, 3.05) is 0 Å². The van der Waals surface area contributed by atoms with Gasteiger partial charge in [-0.15, -0.1) is 0 Å². The lowest BCUT2D eigenvalue weighted by Crippen LogP contribution is -2.17. The van der Waals surface area contributed by atoms with Gasteiger partial charge in [0.05, 0.1) is 17.2 Å². The maximum atomic E-state index is 10.6. The molecule has 0 saturated carbocycles. The number of benzene rings is 1. The van der Waals surface area contributed by atoms with Gasteiger partial charge in [-0.1, -0.05) is 15.9 Å². The highest BCUT2D eigenvalue weighted by molar-refractivity contribution is 9.10. The monoisotopic (exact) mass is 324 g/mol. The number of hydrogen-bond acceptors (Lipinski definition) is 4. The molecule has 19 heavy (non-hydrogen) atoms. The second kappa shape index (κ2) is 5.99. The molecule has 1 aromatic heterocycles. The molecule has 1 N–H and O–H groups in total. The van der Waals surface area contributed by atoms with Crippen molar-refractivity contribution in [2.24, 2.45) is 0 Å². The molecule has 0 amide bonds. The van der Waals surface area contributed by atoms with Gasteiger partial charge in [0.2, 0.25) is 0 Å². The fourth-order valence-electron chi connectivity index (χ4n) is 1.69. The average Bonchev–Trinajstić information content (AvgIpc) is 2.90. The Morgan fingerprint density at radius 2 is 2.26 bits per heavy atom. The van der Waals surface area contributed by atoms with Gasteiger partial charge < -0.3 is 9.73 Å². The van der Waals surface area contributed by atoms with Gasteiger partial charge in [0.15, 0.2) is 0 Å². The van der Waals surface area contributed by atoms with E-state index in [1.54, 1.807) is 12.3 Å². The zero-order valence-corrected chi connectivity index (χ0v) is 11.9. The summed E-state index contributed by atoms with van der Waals surface area (Å²) in [7, 11) is 0. The van der Waals surface area contributed by atoms with Crippen molar-refractivity contribution >= 4 is 21.6 Å². The van der Waals surface area contributed by atoms with Crippen molar-refractivity contribution in [3.05, 3.63) is 62.5 Å². The number of hydrogen-bond donors (Lipinski definition) is 1. The Bertz CT molecular complexity index is 569. The summed E-state index contributed by atoms with van der Waals surface area (Å²) < 4.78 is 6.02. The van der Waals surface area contributed by atoms with Crippen LogP contribution in [0.4, 0.5) is 5.69 Å². The second-order valence-corrected chi connectivity index (χ2v) is 5.01. The summed E-state index contributed by atoms with van der Waals surface area (Å²) in [4.78, 5) is 10.2. The van der Waals surface area contributed by atoms with Crippen LogP contribution in [-0.4, -0.2) is 4.92 Å². The molecule has 2 rings (SSSR count). The molecule has 0 saturated heterocycles.